The van der Waals surface area contributed by atoms with E-state index in [1.54, 1.807) is 18.1 Å². The molecule has 9 nitrogen and oxygen atoms in total. The number of aromatic amines is 1. The van der Waals surface area contributed by atoms with Crippen molar-refractivity contribution in [2.75, 3.05) is 20.2 Å². The van der Waals surface area contributed by atoms with Crippen molar-refractivity contribution in [2.45, 2.75) is 44.2 Å². The van der Waals surface area contributed by atoms with Crippen molar-refractivity contribution in [3.05, 3.63) is 30.0 Å². The van der Waals surface area contributed by atoms with Crippen LogP contribution in [0.4, 0.5) is 0 Å². The second-order valence-electron chi connectivity index (χ2n) is 9.63. The minimum Gasteiger partial charge on any atom is -0.496 e. The van der Waals surface area contributed by atoms with Gasteiger partial charge in [0.05, 0.1) is 13.2 Å². The number of hydrogen-bond acceptors (Lipinski definition) is 5. The molecular weight excluding hydrogens is 436 g/mol. The molecular formula is C25H30N4O5. The Labute approximate surface area is 197 Å². The minimum absolute atomic E-state index is 0.0740. The molecule has 0 radical (unpaired) electrons. The van der Waals surface area contributed by atoms with E-state index in [0.29, 0.717) is 37.2 Å². The predicted molar refractivity (Wildman–Crippen MR) is 124 cm³/mol. The van der Waals surface area contributed by atoms with E-state index in [9.17, 15) is 19.2 Å². The summed E-state index contributed by atoms with van der Waals surface area (Å²) in [6.07, 6.45) is 4.52. The lowest BCUT2D eigenvalue weighted by molar-refractivity contribution is -0.129. The Kier molecular flexibility index (Phi) is 6.02. The molecule has 1 aromatic carbocycles. The van der Waals surface area contributed by atoms with Gasteiger partial charge in [0.2, 0.25) is 11.8 Å². The quantitative estimate of drug-likeness (QED) is 0.536. The normalized spacial score (nSPS) is 26.9. The number of methoxy groups -OCH3 is 1. The average Bonchev–Trinajstić information content (AvgIpc) is 3.61. The van der Waals surface area contributed by atoms with Gasteiger partial charge in [-0.3, -0.25) is 14.4 Å². The van der Waals surface area contributed by atoms with Crippen LogP contribution in [0.3, 0.4) is 0 Å². The van der Waals surface area contributed by atoms with E-state index in [1.165, 1.54) is 0 Å². The van der Waals surface area contributed by atoms with Gasteiger partial charge in [-0.2, -0.15) is 0 Å². The number of likely N-dealkylation sites (tertiary alicyclic amines) is 1. The van der Waals surface area contributed by atoms with Gasteiger partial charge in [-0.25, -0.2) is 0 Å². The summed E-state index contributed by atoms with van der Waals surface area (Å²) in [6, 6.07) is 5.96. The van der Waals surface area contributed by atoms with Crippen molar-refractivity contribution >= 4 is 34.9 Å². The van der Waals surface area contributed by atoms with Crippen LogP contribution >= 0.6 is 0 Å². The fraction of sp³-hybridized carbons (Fsp3) is 0.520. The summed E-state index contributed by atoms with van der Waals surface area (Å²) in [5, 5.41) is 6.41. The lowest BCUT2D eigenvalue weighted by Crippen LogP contribution is -2.52. The van der Waals surface area contributed by atoms with Crippen molar-refractivity contribution in [3.8, 4) is 5.75 Å². The topological polar surface area (TPSA) is 121 Å². The average molecular weight is 467 g/mol. The van der Waals surface area contributed by atoms with E-state index in [1.807, 2.05) is 18.2 Å². The third-order valence-electron chi connectivity index (χ3n) is 7.69. The molecule has 1 aromatic heterocycles. The van der Waals surface area contributed by atoms with Gasteiger partial charge in [-0.15, -0.1) is 0 Å². The zero-order valence-electron chi connectivity index (χ0n) is 19.2. The van der Waals surface area contributed by atoms with E-state index in [-0.39, 0.29) is 41.9 Å². The van der Waals surface area contributed by atoms with Crippen LogP contribution in [0.1, 0.15) is 42.6 Å². The molecule has 2 aromatic rings. The van der Waals surface area contributed by atoms with Crippen molar-refractivity contribution in [1.29, 1.82) is 0 Å². The SMILES string of the molecule is COc1cccc2[nH]c(C(=O)N3CC4CCCC4[C@H]3C(=O)NC(C=O)CC3CCNC3=O)cc12. The van der Waals surface area contributed by atoms with E-state index in [4.69, 9.17) is 4.74 Å². The second-order valence-corrected chi connectivity index (χ2v) is 9.63. The first kappa shape index (κ1) is 22.4. The molecule has 9 heteroatoms. The summed E-state index contributed by atoms with van der Waals surface area (Å²) in [7, 11) is 1.59. The molecule has 0 spiro atoms. The molecule has 2 saturated heterocycles. The van der Waals surface area contributed by atoms with Crippen LogP contribution < -0.4 is 15.4 Å². The first-order chi connectivity index (χ1) is 16.5. The maximum absolute atomic E-state index is 13.6. The Bertz CT molecular complexity index is 1130. The molecule has 5 atom stereocenters. The van der Waals surface area contributed by atoms with Crippen LogP contribution in [-0.2, 0) is 14.4 Å². The van der Waals surface area contributed by atoms with Gasteiger partial charge in [0.25, 0.3) is 5.91 Å². The zero-order valence-corrected chi connectivity index (χ0v) is 19.2. The third-order valence-corrected chi connectivity index (χ3v) is 7.69. The Morgan fingerprint density at radius 1 is 1.29 bits per heavy atom. The fourth-order valence-electron chi connectivity index (χ4n) is 6.02. The molecule has 3 aliphatic rings. The zero-order chi connectivity index (χ0) is 23.8. The van der Waals surface area contributed by atoms with Crippen molar-refractivity contribution in [2.24, 2.45) is 17.8 Å². The summed E-state index contributed by atoms with van der Waals surface area (Å²) in [5.41, 5.74) is 1.20. The molecule has 180 valence electrons. The lowest BCUT2D eigenvalue weighted by Gasteiger charge is -2.28. The molecule has 3 amide bonds. The number of carbonyl (C=O) groups excluding carboxylic acids is 4. The number of hydrogen-bond donors (Lipinski definition) is 3. The number of fused-ring (bicyclic) bond motifs is 2. The smallest absolute Gasteiger partial charge is 0.271 e. The summed E-state index contributed by atoms with van der Waals surface area (Å²) in [5.74, 6) is 0.114. The van der Waals surface area contributed by atoms with Crippen molar-refractivity contribution < 1.29 is 23.9 Å². The lowest BCUT2D eigenvalue weighted by atomic mass is 9.92. The number of nitrogens with zero attached hydrogens (tertiary/aromatic N) is 1. The van der Waals surface area contributed by atoms with Crippen LogP contribution in [0.25, 0.3) is 10.9 Å². The summed E-state index contributed by atoms with van der Waals surface area (Å²) in [4.78, 5) is 55.5. The highest BCUT2D eigenvalue weighted by Crippen LogP contribution is 2.43. The first-order valence-electron chi connectivity index (χ1n) is 12.0. The molecule has 5 rings (SSSR count). The van der Waals surface area contributed by atoms with Gasteiger partial charge in [0.15, 0.2) is 0 Å². The van der Waals surface area contributed by atoms with Crippen LogP contribution in [0.15, 0.2) is 24.3 Å². The number of rotatable bonds is 7. The van der Waals surface area contributed by atoms with Gasteiger partial charge in [-0.1, -0.05) is 12.5 Å². The van der Waals surface area contributed by atoms with Crippen LogP contribution in [-0.4, -0.2) is 66.2 Å². The third kappa shape index (κ3) is 3.93. The summed E-state index contributed by atoms with van der Waals surface area (Å²) < 4.78 is 5.41. The Morgan fingerprint density at radius 3 is 2.88 bits per heavy atom. The monoisotopic (exact) mass is 466 g/mol. The standard InChI is InChI=1S/C25H30N4O5/c1-34-21-7-3-6-19-18(21)11-20(28-19)25(33)29-12-15-4-2-5-17(15)22(29)24(32)27-16(13-30)10-14-8-9-26-23(14)31/h3,6-7,11,13-17,22,28H,2,4-5,8-10,12H2,1H3,(H,26,31)(H,27,32)/t14?,15?,16?,17?,22-/m0/s1. The summed E-state index contributed by atoms with van der Waals surface area (Å²) >= 11 is 0. The number of benzene rings is 1. The van der Waals surface area contributed by atoms with Crippen LogP contribution in [0, 0.1) is 17.8 Å². The van der Waals surface area contributed by atoms with Gasteiger partial charge in [0.1, 0.15) is 23.8 Å². The predicted octanol–water partition coefficient (Wildman–Crippen LogP) is 1.63. The van der Waals surface area contributed by atoms with Crippen molar-refractivity contribution in [1.82, 2.24) is 20.5 Å². The number of aldehydes is 1. The number of H-pyrrole nitrogens is 1. The molecule has 0 bridgehead atoms. The summed E-state index contributed by atoms with van der Waals surface area (Å²) in [6.45, 7) is 1.11. The van der Waals surface area contributed by atoms with E-state index in [0.717, 1.165) is 30.2 Å². The molecule has 2 aliphatic heterocycles. The molecule has 4 unspecified atom stereocenters. The van der Waals surface area contributed by atoms with E-state index < -0.39 is 12.1 Å². The maximum atomic E-state index is 13.6. The number of nitrogens with one attached hydrogen (secondary N) is 3. The van der Waals surface area contributed by atoms with Crippen LogP contribution in [0.5, 0.6) is 5.75 Å². The molecule has 34 heavy (non-hydrogen) atoms. The van der Waals surface area contributed by atoms with E-state index in [2.05, 4.69) is 15.6 Å². The molecule has 3 N–H and O–H groups in total. The molecule has 3 heterocycles. The van der Waals surface area contributed by atoms with E-state index >= 15 is 0 Å². The van der Waals surface area contributed by atoms with Crippen molar-refractivity contribution in [3.63, 3.8) is 0 Å². The number of carbonyl (C=O) groups is 4. The number of ether oxygens (including phenoxy) is 1. The van der Waals surface area contributed by atoms with Gasteiger partial charge in [-0.05, 0) is 55.7 Å². The highest BCUT2D eigenvalue weighted by molar-refractivity contribution is 6.02. The number of amides is 3. The van der Waals surface area contributed by atoms with Gasteiger partial charge in [0, 0.05) is 29.9 Å². The first-order valence-corrected chi connectivity index (χ1v) is 12.0. The Balaban J connectivity index is 1.37. The van der Waals surface area contributed by atoms with Crippen LogP contribution in [0.2, 0.25) is 0 Å². The maximum Gasteiger partial charge on any atom is 0.271 e. The highest BCUT2D eigenvalue weighted by Gasteiger charge is 2.50. The van der Waals surface area contributed by atoms with Gasteiger partial charge >= 0.3 is 0 Å². The molecule has 1 saturated carbocycles. The second kappa shape index (κ2) is 9.12. The number of aromatic nitrogens is 1. The fourth-order valence-corrected chi connectivity index (χ4v) is 6.02. The Hall–Kier alpha value is -3.36. The largest absolute Gasteiger partial charge is 0.496 e. The minimum atomic E-state index is -0.754. The Morgan fingerprint density at radius 2 is 2.15 bits per heavy atom. The van der Waals surface area contributed by atoms with Gasteiger partial charge < -0.3 is 30.0 Å². The molecule has 3 fully saturated rings. The highest BCUT2D eigenvalue weighted by atomic mass is 16.5. The molecule has 1 aliphatic carbocycles.